The van der Waals surface area contributed by atoms with Crippen molar-refractivity contribution in [2.24, 2.45) is 11.3 Å². The molecule has 1 fully saturated rings. The number of amides is 2. The van der Waals surface area contributed by atoms with Gasteiger partial charge in [0.25, 0.3) is 0 Å². The molecule has 0 bridgehead atoms. The Bertz CT molecular complexity index is 319. The highest BCUT2D eigenvalue weighted by Crippen LogP contribution is 2.29. The van der Waals surface area contributed by atoms with Gasteiger partial charge in [0, 0.05) is 13.1 Å². The van der Waals surface area contributed by atoms with Gasteiger partial charge in [0.15, 0.2) is 0 Å². The Kier molecular flexibility index (Phi) is 4.59. The molecule has 0 unspecified atom stereocenters. The van der Waals surface area contributed by atoms with E-state index in [0.717, 1.165) is 6.54 Å². The van der Waals surface area contributed by atoms with E-state index in [1.807, 2.05) is 27.7 Å². The van der Waals surface area contributed by atoms with Crippen molar-refractivity contribution in [3.8, 4) is 0 Å². The van der Waals surface area contributed by atoms with Crippen molar-refractivity contribution in [2.45, 2.75) is 46.6 Å². The topological polar surface area (TPSA) is 69.6 Å². The molecule has 0 spiro atoms. The highest BCUT2D eigenvalue weighted by molar-refractivity contribution is 5.83. The lowest BCUT2D eigenvalue weighted by molar-refractivity contribution is -0.142. The van der Waals surface area contributed by atoms with Crippen LogP contribution in [0.2, 0.25) is 0 Å². The first-order valence-corrected chi connectivity index (χ1v) is 6.54. The smallest absolute Gasteiger partial charge is 0.326 e. The molecule has 1 rings (SSSR count). The fourth-order valence-corrected chi connectivity index (χ4v) is 1.83. The predicted molar refractivity (Wildman–Crippen MR) is 69.4 cm³/mol. The van der Waals surface area contributed by atoms with Crippen LogP contribution in [0.25, 0.3) is 0 Å². The van der Waals surface area contributed by atoms with Crippen LogP contribution in [0.15, 0.2) is 0 Å². The second-order valence-corrected chi connectivity index (χ2v) is 6.07. The number of carbonyl (C=O) groups is 2. The van der Waals surface area contributed by atoms with Gasteiger partial charge in [-0.05, 0) is 31.1 Å². The second kappa shape index (κ2) is 5.59. The number of urea groups is 1. The largest absolute Gasteiger partial charge is 0.480 e. The molecule has 0 aromatic rings. The third-order valence-electron chi connectivity index (χ3n) is 3.23. The van der Waals surface area contributed by atoms with Crippen LogP contribution in [-0.2, 0) is 4.79 Å². The van der Waals surface area contributed by atoms with E-state index in [-0.39, 0.29) is 6.03 Å². The van der Waals surface area contributed by atoms with Crippen LogP contribution in [0.5, 0.6) is 0 Å². The van der Waals surface area contributed by atoms with Gasteiger partial charge in [-0.1, -0.05) is 20.8 Å². The van der Waals surface area contributed by atoms with E-state index in [0.29, 0.717) is 12.5 Å². The summed E-state index contributed by atoms with van der Waals surface area (Å²) < 4.78 is 0. The van der Waals surface area contributed by atoms with Crippen LogP contribution >= 0.6 is 0 Å². The quantitative estimate of drug-likeness (QED) is 0.789. The molecule has 1 saturated carbocycles. The summed E-state index contributed by atoms with van der Waals surface area (Å²) in [7, 11) is 0. The summed E-state index contributed by atoms with van der Waals surface area (Å²) >= 11 is 0. The molecule has 18 heavy (non-hydrogen) atoms. The molecule has 2 amide bonds. The predicted octanol–water partition coefficient (Wildman–Crippen LogP) is 1.93. The molecule has 0 aliphatic heterocycles. The van der Waals surface area contributed by atoms with Crippen molar-refractivity contribution in [2.75, 3.05) is 13.1 Å². The maximum absolute atomic E-state index is 12.1. The summed E-state index contributed by atoms with van der Waals surface area (Å²) in [5.41, 5.74) is -0.500. The van der Waals surface area contributed by atoms with E-state index >= 15 is 0 Å². The molecule has 0 aromatic heterocycles. The standard InChI is InChI=1S/C13H24N2O3/c1-5-15(8-9-6-7-9)12(18)14-10(11(16)17)13(2,3)4/h9-10H,5-8H2,1-4H3,(H,14,18)(H,16,17)/t10-/m0/s1. The highest BCUT2D eigenvalue weighted by Gasteiger charge is 2.34. The summed E-state index contributed by atoms with van der Waals surface area (Å²) in [5, 5.41) is 11.8. The number of hydrogen-bond acceptors (Lipinski definition) is 2. The van der Waals surface area contributed by atoms with E-state index < -0.39 is 17.4 Å². The molecule has 104 valence electrons. The van der Waals surface area contributed by atoms with Crippen molar-refractivity contribution in [3.05, 3.63) is 0 Å². The zero-order chi connectivity index (χ0) is 13.9. The van der Waals surface area contributed by atoms with E-state index in [2.05, 4.69) is 5.32 Å². The molecule has 0 heterocycles. The monoisotopic (exact) mass is 256 g/mol. The van der Waals surface area contributed by atoms with Gasteiger partial charge in [0.1, 0.15) is 6.04 Å². The van der Waals surface area contributed by atoms with Crippen molar-refractivity contribution < 1.29 is 14.7 Å². The van der Waals surface area contributed by atoms with Crippen LogP contribution in [0.4, 0.5) is 4.79 Å². The van der Waals surface area contributed by atoms with Crippen LogP contribution < -0.4 is 5.32 Å². The lowest BCUT2D eigenvalue weighted by Gasteiger charge is -2.30. The Balaban J connectivity index is 2.61. The first kappa shape index (κ1) is 14.8. The number of nitrogens with one attached hydrogen (secondary N) is 1. The third-order valence-corrected chi connectivity index (χ3v) is 3.23. The maximum atomic E-state index is 12.1. The second-order valence-electron chi connectivity index (χ2n) is 6.07. The van der Waals surface area contributed by atoms with Crippen molar-refractivity contribution in [3.63, 3.8) is 0 Å². The SMILES string of the molecule is CCN(CC1CC1)C(=O)N[C@@H](C(=O)O)C(C)(C)C. The number of carbonyl (C=O) groups excluding carboxylic acids is 1. The van der Waals surface area contributed by atoms with Crippen LogP contribution in [0.3, 0.4) is 0 Å². The Labute approximate surface area is 109 Å². The number of carboxylic acids is 1. The highest BCUT2D eigenvalue weighted by atomic mass is 16.4. The van der Waals surface area contributed by atoms with E-state index in [9.17, 15) is 14.7 Å². The van der Waals surface area contributed by atoms with E-state index in [1.165, 1.54) is 12.8 Å². The van der Waals surface area contributed by atoms with Crippen molar-refractivity contribution in [1.82, 2.24) is 10.2 Å². The molecular weight excluding hydrogens is 232 g/mol. The van der Waals surface area contributed by atoms with Crippen LogP contribution in [0, 0.1) is 11.3 Å². The number of nitrogens with zero attached hydrogens (tertiary/aromatic N) is 1. The van der Waals surface area contributed by atoms with Crippen LogP contribution in [-0.4, -0.2) is 41.1 Å². The minimum absolute atomic E-state index is 0.272. The average Bonchev–Trinajstić information content (AvgIpc) is 3.03. The molecule has 1 aliphatic rings. The first-order valence-electron chi connectivity index (χ1n) is 6.54. The Morgan fingerprint density at radius 3 is 2.28 bits per heavy atom. The Morgan fingerprint density at radius 1 is 1.39 bits per heavy atom. The van der Waals surface area contributed by atoms with Gasteiger partial charge in [0.2, 0.25) is 0 Å². The third kappa shape index (κ3) is 4.20. The number of carboxylic acid groups (broad SMARTS) is 1. The summed E-state index contributed by atoms with van der Waals surface area (Å²) in [6, 6.07) is -1.13. The zero-order valence-electron chi connectivity index (χ0n) is 11.7. The Morgan fingerprint density at radius 2 is 1.94 bits per heavy atom. The van der Waals surface area contributed by atoms with Gasteiger partial charge in [-0.3, -0.25) is 0 Å². The average molecular weight is 256 g/mol. The lowest BCUT2D eigenvalue weighted by Crippen LogP contribution is -2.53. The van der Waals surface area contributed by atoms with Crippen LogP contribution in [0.1, 0.15) is 40.5 Å². The van der Waals surface area contributed by atoms with Gasteiger partial charge in [0.05, 0.1) is 0 Å². The fraction of sp³-hybridized carbons (Fsp3) is 0.846. The number of aliphatic carboxylic acids is 1. The molecule has 0 radical (unpaired) electrons. The van der Waals surface area contributed by atoms with Gasteiger partial charge in [-0.15, -0.1) is 0 Å². The van der Waals surface area contributed by atoms with Gasteiger partial charge in [-0.25, -0.2) is 9.59 Å². The molecule has 5 nitrogen and oxygen atoms in total. The maximum Gasteiger partial charge on any atom is 0.326 e. The van der Waals surface area contributed by atoms with Crippen molar-refractivity contribution >= 4 is 12.0 Å². The molecule has 0 aromatic carbocycles. The molecule has 1 aliphatic carbocycles. The van der Waals surface area contributed by atoms with Gasteiger partial charge >= 0.3 is 12.0 Å². The molecule has 0 saturated heterocycles. The number of rotatable bonds is 5. The summed E-state index contributed by atoms with van der Waals surface area (Å²) in [6.07, 6.45) is 2.34. The molecule has 1 atom stereocenters. The van der Waals surface area contributed by atoms with Crippen molar-refractivity contribution in [1.29, 1.82) is 0 Å². The summed E-state index contributed by atoms with van der Waals surface area (Å²) in [6.45, 7) is 8.68. The van der Waals surface area contributed by atoms with E-state index in [1.54, 1.807) is 4.90 Å². The van der Waals surface area contributed by atoms with Gasteiger partial charge in [-0.2, -0.15) is 0 Å². The Hall–Kier alpha value is -1.26. The van der Waals surface area contributed by atoms with Gasteiger partial charge < -0.3 is 15.3 Å². The summed E-state index contributed by atoms with van der Waals surface area (Å²) in [5.74, 6) is -0.382. The zero-order valence-corrected chi connectivity index (χ0v) is 11.7. The number of hydrogen-bond donors (Lipinski definition) is 2. The molecule has 2 N–H and O–H groups in total. The first-order chi connectivity index (χ1) is 8.25. The lowest BCUT2D eigenvalue weighted by atomic mass is 9.87. The fourth-order valence-electron chi connectivity index (χ4n) is 1.83. The minimum atomic E-state index is -0.988. The molecular formula is C13H24N2O3. The minimum Gasteiger partial charge on any atom is -0.480 e. The molecule has 5 heteroatoms. The summed E-state index contributed by atoms with van der Waals surface area (Å²) in [4.78, 5) is 24.9. The van der Waals surface area contributed by atoms with E-state index in [4.69, 9.17) is 0 Å². The normalized spacial score (nSPS) is 17.1.